The van der Waals surface area contributed by atoms with Crippen molar-refractivity contribution >= 4 is 5.95 Å². The van der Waals surface area contributed by atoms with Crippen LogP contribution in [0.4, 0.5) is 5.95 Å². The molecule has 0 saturated carbocycles. The number of hydrogen-bond donors (Lipinski definition) is 2. The number of nitrogens with one attached hydrogen (secondary N) is 2. The summed E-state index contributed by atoms with van der Waals surface area (Å²) in [6, 6.07) is 20.6. The molecular formula is C23H24N6. The van der Waals surface area contributed by atoms with Crippen molar-refractivity contribution in [1.29, 1.82) is 0 Å². The SMILES string of the molecule is CC(C)(C)c1ccc(-c2cnnc(NCc3cc(-c4ccccc4)[nH]n3)n2)cc1. The molecule has 0 fully saturated rings. The van der Waals surface area contributed by atoms with Crippen molar-refractivity contribution in [2.45, 2.75) is 32.7 Å². The van der Waals surface area contributed by atoms with Gasteiger partial charge in [-0.15, -0.1) is 5.10 Å². The summed E-state index contributed by atoms with van der Waals surface area (Å²) in [5.41, 5.74) is 6.18. The third kappa shape index (κ3) is 4.48. The van der Waals surface area contributed by atoms with Gasteiger partial charge in [0.2, 0.25) is 5.95 Å². The van der Waals surface area contributed by atoms with E-state index in [1.165, 1.54) is 5.56 Å². The molecule has 0 atom stereocenters. The van der Waals surface area contributed by atoms with E-state index in [0.29, 0.717) is 12.5 Å². The summed E-state index contributed by atoms with van der Waals surface area (Å²) in [4.78, 5) is 4.59. The maximum absolute atomic E-state index is 4.59. The Labute approximate surface area is 170 Å². The minimum absolute atomic E-state index is 0.122. The van der Waals surface area contributed by atoms with E-state index in [1.54, 1.807) is 6.20 Å². The van der Waals surface area contributed by atoms with Crippen molar-refractivity contribution in [1.82, 2.24) is 25.4 Å². The van der Waals surface area contributed by atoms with E-state index in [4.69, 9.17) is 0 Å². The third-order valence-electron chi connectivity index (χ3n) is 4.75. The fourth-order valence-corrected chi connectivity index (χ4v) is 3.05. The van der Waals surface area contributed by atoms with Gasteiger partial charge in [0.1, 0.15) is 0 Å². The summed E-state index contributed by atoms with van der Waals surface area (Å²) in [5.74, 6) is 0.478. The number of hydrogen-bond acceptors (Lipinski definition) is 5. The minimum atomic E-state index is 0.122. The van der Waals surface area contributed by atoms with Crippen molar-refractivity contribution in [3.63, 3.8) is 0 Å². The second-order valence-corrected chi connectivity index (χ2v) is 7.99. The zero-order valence-electron chi connectivity index (χ0n) is 16.8. The topological polar surface area (TPSA) is 79.4 Å². The third-order valence-corrected chi connectivity index (χ3v) is 4.75. The van der Waals surface area contributed by atoms with Crippen LogP contribution in [-0.2, 0) is 12.0 Å². The molecule has 0 aliphatic heterocycles. The maximum Gasteiger partial charge on any atom is 0.243 e. The first kappa shape index (κ1) is 18.8. The first-order valence-electron chi connectivity index (χ1n) is 9.63. The Morgan fingerprint density at radius 3 is 2.41 bits per heavy atom. The van der Waals surface area contributed by atoms with E-state index in [1.807, 2.05) is 36.4 Å². The van der Waals surface area contributed by atoms with E-state index in [-0.39, 0.29) is 5.41 Å². The Kier molecular flexibility index (Phi) is 5.08. The van der Waals surface area contributed by atoms with Crippen LogP contribution >= 0.6 is 0 Å². The molecule has 2 N–H and O–H groups in total. The average Bonchev–Trinajstić information content (AvgIpc) is 3.22. The van der Waals surface area contributed by atoms with Gasteiger partial charge in [0.15, 0.2) is 0 Å². The molecule has 2 aromatic heterocycles. The molecule has 0 saturated heterocycles. The highest BCUT2D eigenvalue weighted by atomic mass is 15.2. The summed E-state index contributed by atoms with van der Waals surface area (Å²) in [5, 5.41) is 18.8. The molecular weight excluding hydrogens is 360 g/mol. The van der Waals surface area contributed by atoms with Gasteiger partial charge in [0, 0.05) is 5.56 Å². The molecule has 0 aliphatic rings. The van der Waals surface area contributed by atoms with Crippen LogP contribution < -0.4 is 5.32 Å². The lowest BCUT2D eigenvalue weighted by Gasteiger charge is -2.19. The van der Waals surface area contributed by atoms with E-state index in [2.05, 4.69) is 75.7 Å². The van der Waals surface area contributed by atoms with Crippen molar-refractivity contribution in [3.05, 3.63) is 78.1 Å². The molecule has 0 unspecified atom stereocenters. The standard InChI is InChI=1S/C23H24N6/c1-23(2,3)18-11-9-17(10-12-18)21-15-25-29-22(26-21)24-14-19-13-20(28-27-19)16-7-5-4-6-8-16/h4-13,15H,14H2,1-3H3,(H,27,28)(H,24,26,29). The Bertz CT molecular complexity index is 1080. The number of H-pyrrole nitrogens is 1. The fourth-order valence-electron chi connectivity index (χ4n) is 3.05. The summed E-state index contributed by atoms with van der Waals surface area (Å²) in [7, 11) is 0. The fraction of sp³-hybridized carbons (Fsp3) is 0.217. The number of aromatic amines is 1. The Morgan fingerprint density at radius 2 is 1.69 bits per heavy atom. The molecule has 2 heterocycles. The summed E-state index contributed by atoms with van der Waals surface area (Å²) >= 11 is 0. The van der Waals surface area contributed by atoms with Gasteiger partial charge < -0.3 is 5.32 Å². The predicted molar refractivity (Wildman–Crippen MR) is 115 cm³/mol. The Morgan fingerprint density at radius 1 is 0.931 bits per heavy atom. The highest BCUT2D eigenvalue weighted by Crippen LogP contribution is 2.25. The van der Waals surface area contributed by atoms with E-state index < -0.39 is 0 Å². The Balaban J connectivity index is 1.45. The van der Waals surface area contributed by atoms with Crippen LogP contribution in [0.15, 0.2) is 66.9 Å². The molecule has 0 amide bonds. The van der Waals surface area contributed by atoms with Crippen molar-refractivity contribution in [2.75, 3.05) is 5.32 Å². The van der Waals surface area contributed by atoms with Crippen molar-refractivity contribution in [2.24, 2.45) is 0 Å². The summed E-state index contributed by atoms with van der Waals surface area (Å²) in [6.07, 6.45) is 1.68. The molecule has 0 radical (unpaired) electrons. The lowest BCUT2D eigenvalue weighted by Crippen LogP contribution is -2.10. The van der Waals surface area contributed by atoms with Gasteiger partial charge in [-0.1, -0.05) is 75.4 Å². The zero-order chi connectivity index (χ0) is 20.3. The van der Waals surface area contributed by atoms with Crippen molar-refractivity contribution in [3.8, 4) is 22.5 Å². The molecule has 6 nitrogen and oxygen atoms in total. The van der Waals surface area contributed by atoms with Crippen LogP contribution in [0.3, 0.4) is 0 Å². The maximum atomic E-state index is 4.59. The molecule has 0 aliphatic carbocycles. The van der Waals surface area contributed by atoms with Crippen LogP contribution in [0.5, 0.6) is 0 Å². The molecule has 4 aromatic rings. The molecule has 0 spiro atoms. The van der Waals surface area contributed by atoms with Gasteiger partial charge in [0.25, 0.3) is 0 Å². The van der Waals surface area contributed by atoms with Gasteiger partial charge in [-0.05, 0) is 22.6 Å². The van der Waals surface area contributed by atoms with Crippen LogP contribution in [0.25, 0.3) is 22.5 Å². The molecule has 4 rings (SSSR count). The second-order valence-electron chi connectivity index (χ2n) is 7.99. The molecule has 146 valence electrons. The van der Waals surface area contributed by atoms with E-state index in [0.717, 1.165) is 28.2 Å². The summed E-state index contributed by atoms with van der Waals surface area (Å²) in [6.45, 7) is 7.12. The van der Waals surface area contributed by atoms with Gasteiger partial charge in [-0.3, -0.25) is 5.10 Å². The molecule has 0 bridgehead atoms. The monoisotopic (exact) mass is 384 g/mol. The van der Waals surface area contributed by atoms with Gasteiger partial charge in [0.05, 0.1) is 29.8 Å². The molecule has 2 aromatic carbocycles. The van der Waals surface area contributed by atoms with E-state index >= 15 is 0 Å². The van der Waals surface area contributed by atoms with Gasteiger partial charge in [-0.2, -0.15) is 10.2 Å². The minimum Gasteiger partial charge on any atom is -0.347 e. The lowest BCUT2D eigenvalue weighted by molar-refractivity contribution is 0.590. The zero-order valence-corrected chi connectivity index (χ0v) is 16.8. The number of anilines is 1. The Hall–Kier alpha value is -3.54. The highest BCUT2D eigenvalue weighted by molar-refractivity contribution is 5.60. The van der Waals surface area contributed by atoms with Crippen molar-refractivity contribution < 1.29 is 0 Å². The smallest absolute Gasteiger partial charge is 0.243 e. The second kappa shape index (κ2) is 7.83. The number of aromatic nitrogens is 5. The van der Waals surface area contributed by atoms with Gasteiger partial charge in [-0.25, -0.2) is 4.98 Å². The number of rotatable bonds is 5. The summed E-state index contributed by atoms with van der Waals surface area (Å²) < 4.78 is 0. The molecule has 29 heavy (non-hydrogen) atoms. The highest BCUT2D eigenvalue weighted by Gasteiger charge is 2.13. The lowest BCUT2D eigenvalue weighted by atomic mass is 9.86. The van der Waals surface area contributed by atoms with Crippen LogP contribution in [-0.4, -0.2) is 25.4 Å². The number of benzene rings is 2. The largest absolute Gasteiger partial charge is 0.347 e. The average molecular weight is 384 g/mol. The normalized spacial score (nSPS) is 11.4. The van der Waals surface area contributed by atoms with Gasteiger partial charge >= 0.3 is 0 Å². The first-order chi connectivity index (χ1) is 14.0. The van der Waals surface area contributed by atoms with Crippen LogP contribution in [0.2, 0.25) is 0 Å². The predicted octanol–water partition coefficient (Wildman–Crippen LogP) is 4.84. The van der Waals surface area contributed by atoms with Crippen LogP contribution in [0.1, 0.15) is 32.0 Å². The molecule has 6 heteroatoms. The quantitative estimate of drug-likeness (QED) is 0.515. The number of nitrogens with zero attached hydrogens (tertiary/aromatic N) is 4. The van der Waals surface area contributed by atoms with E-state index in [9.17, 15) is 0 Å². The van der Waals surface area contributed by atoms with Crippen LogP contribution in [0, 0.1) is 0 Å². The first-order valence-corrected chi connectivity index (χ1v) is 9.63.